The van der Waals surface area contributed by atoms with Gasteiger partial charge in [0.05, 0.1) is 0 Å². The van der Waals surface area contributed by atoms with E-state index in [0.29, 0.717) is 9.52 Å². The average Bonchev–Trinajstić information content (AvgIpc) is 2.70. The summed E-state index contributed by atoms with van der Waals surface area (Å²) < 4.78 is 11.0. The van der Waals surface area contributed by atoms with Crippen LogP contribution in [0.1, 0.15) is 0 Å². The molecule has 0 amide bonds. The molecule has 0 aliphatic carbocycles. The Balaban J connectivity index is 2.01. The first-order valence-corrected chi connectivity index (χ1v) is 9.80. The molecule has 0 heterocycles. The van der Waals surface area contributed by atoms with Gasteiger partial charge in [0.25, 0.3) is 0 Å². The number of fused-ring (bicyclic) bond motifs is 2. The van der Waals surface area contributed by atoms with Crippen molar-refractivity contribution in [2.24, 2.45) is 0 Å². The predicted molar refractivity (Wildman–Crippen MR) is 111 cm³/mol. The van der Waals surface area contributed by atoms with Gasteiger partial charge in [-0.3, -0.25) is 0 Å². The monoisotopic (exact) mass is 354 g/mol. The Morgan fingerprint density at radius 2 is 1.19 bits per heavy atom. The van der Waals surface area contributed by atoms with Gasteiger partial charge in [-0.1, -0.05) is 66.7 Å². The normalized spacial score (nSPS) is 12.3. The van der Waals surface area contributed by atoms with Crippen LogP contribution in [-0.2, 0) is 9.47 Å². The lowest BCUT2D eigenvalue weighted by Gasteiger charge is -2.19. The summed E-state index contributed by atoms with van der Waals surface area (Å²) in [7, 11) is 3.84. The minimum atomic E-state index is -0.216. The fourth-order valence-electron chi connectivity index (χ4n) is 4.12. The number of benzene rings is 5. The molecular formula is C23H18O2Si. The molecule has 5 aromatic carbocycles. The minimum Gasteiger partial charge on any atom is -0.360 e. The molecule has 0 aliphatic heterocycles. The maximum atomic E-state index is 5.50. The van der Waals surface area contributed by atoms with E-state index in [1.165, 1.54) is 48.3 Å². The fraction of sp³-hybridized carbons (Fsp3) is 0.130. The standard InChI is InChI=1S/C23H18O2Si/c1-24-23(25-2)26-19-13-12-15-8-4-10-17-16-9-3-6-14-7-5-11-18(20(14)16)22(19)21(15)17/h3-13,23H,1-2H3. The molecule has 0 bridgehead atoms. The molecule has 0 unspecified atom stereocenters. The second-order valence-electron chi connectivity index (χ2n) is 6.55. The Bertz CT molecular complexity index is 1240. The number of hydrogen-bond donors (Lipinski definition) is 0. The Morgan fingerprint density at radius 1 is 0.615 bits per heavy atom. The molecule has 26 heavy (non-hydrogen) atoms. The van der Waals surface area contributed by atoms with Gasteiger partial charge in [0.1, 0.15) is 5.91 Å². The van der Waals surface area contributed by atoms with Gasteiger partial charge in [-0.25, -0.2) is 0 Å². The summed E-state index contributed by atoms with van der Waals surface area (Å²) in [4.78, 5) is 0. The first-order valence-electron chi connectivity index (χ1n) is 8.72. The highest BCUT2D eigenvalue weighted by atomic mass is 28.2. The molecule has 0 saturated heterocycles. The predicted octanol–water partition coefficient (Wildman–Crippen LogP) is 4.64. The van der Waals surface area contributed by atoms with Crippen LogP contribution in [0.25, 0.3) is 43.1 Å². The zero-order valence-corrected chi connectivity index (χ0v) is 15.7. The lowest BCUT2D eigenvalue weighted by Crippen LogP contribution is -2.31. The number of rotatable bonds is 4. The van der Waals surface area contributed by atoms with Crippen molar-refractivity contribution in [2.75, 3.05) is 14.2 Å². The van der Waals surface area contributed by atoms with E-state index in [4.69, 9.17) is 9.47 Å². The summed E-state index contributed by atoms with van der Waals surface area (Å²) in [5.74, 6) is -0.216. The third-order valence-corrected chi connectivity index (χ3v) is 6.65. The maximum absolute atomic E-state index is 5.50. The molecule has 0 aromatic heterocycles. The summed E-state index contributed by atoms with van der Waals surface area (Å²) in [6, 6.07) is 24.3. The van der Waals surface area contributed by atoms with Crippen molar-refractivity contribution in [3.8, 4) is 0 Å². The summed E-state index contributed by atoms with van der Waals surface area (Å²) in [5, 5.41) is 11.8. The lowest BCUT2D eigenvalue weighted by molar-refractivity contribution is -0.0429. The van der Waals surface area contributed by atoms with Gasteiger partial charge in [0, 0.05) is 14.2 Å². The van der Waals surface area contributed by atoms with E-state index in [2.05, 4.69) is 66.7 Å². The number of methoxy groups -OCH3 is 2. The average molecular weight is 354 g/mol. The zero-order chi connectivity index (χ0) is 17.7. The molecule has 126 valence electrons. The van der Waals surface area contributed by atoms with Crippen molar-refractivity contribution in [1.82, 2.24) is 0 Å². The maximum Gasteiger partial charge on any atom is 0.157 e. The molecule has 0 aliphatic rings. The first kappa shape index (κ1) is 15.8. The first-order chi connectivity index (χ1) is 12.8. The molecule has 0 saturated carbocycles. The number of hydrogen-bond acceptors (Lipinski definition) is 2. The van der Waals surface area contributed by atoms with Gasteiger partial charge in [-0.2, -0.15) is 0 Å². The number of ether oxygens (including phenoxy) is 2. The molecule has 5 aromatic rings. The van der Waals surface area contributed by atoms with Crippen molar-refractivity contribution in [3.63, 3.8) is 0 Å². The Kier molecular flexibility index (Phi) is 3.67. The topological polar surface area (TPSA) is 18.5 Å². The van der Waals surface area contributed by atoms with E-state index in [-0.39, 0.29) is 5.91 Å². The van der Waals surface area contributed by atoms with Crippen molar-refractivity contribution in [2.45, 2.75) is 5.91 Å². The van der Waals surface area contributed by atoms with Gasteiger partial charge >= 0.3 is 0 Å². The summed E-state index contributed by atoms with van der Waals surface area (Å²) in [6.07, 6.45) is 0. The molecular weight excluding hydrogens is 336 g/mol. The minimum absolute atomic E-state index is 0.216. The van der Waals surface area contributed by atoms with Gasteiger partial charge in [0.2, 0.25) is 0 Å². The molecule has 0 fully saturated rings. The van der Waals surface area contributed by atoms with E-state index in [1.54, 1.807) is 14.2 Å². The van der Waals surface area contributed by atoms with Gasteiger partial charge in [-0.05, 0) is 48.3 Å². The highest BCUT2D eigenvalue weighted by Gasteiger charge is 2.18. The van der Waals surface area contributed by atoms with Crippen LogP contribution < -0.4 is 5.19 Å². The van der Waals surface area contributed by atoms with Crippen LogP contribution in [0.2, 0.25) is 0 Å². The van der Waals surface area contributed by atoms with Crippen LogP contribution in [0.3, 0.4) is 0 Å². The van der Waals surface area contributed by atoms with E-state index in [9.17, 15) is 0 Å². The Hall–Kier alpha value is -2.46. The molecule has 0 N–H and O–H groups in total. The van der Waals surface area contributed by atoms with Crippen LogP contribution in [0, 0.1) is 0 Å². The van der Waals surface area contributed by atoms with E-state index >= 15 is 0 Å². The Labute approximate surface area is 154 Å². The van der Waals surface area contributed by atoms with E-state index in [0.717, 1.165) is 0 Å². The lowest BCUT2D eigenvalue weighted by atomic mass is 9.90. The second-order valence-corrected chi connectivity index (χ2v) is 7.85. The third kappa shape index (κ3) is 2.18. The molecule has 2 radical (unpaired) electrons. The van der Waals surface area contributed by atoms with Crippen molar-refractivity contribution in [3.05, 3.63) is 66.7 Å². The molecule has 2 nitrogen and oxygen atoms in total. The molecule has 3 heteroatoms. The highest BCUT2D eigenvalue weighted by Crippen LogP contribution is 2.39. The second kappa shape index (κ2) is 6.06. The summed E-state index contributed by atoms with van der Waals surface area (Å²) in [5.41, 5.74) is 0. The highest BCUT2D eigenvalue weighted by molar-refractivity contribution is 6.60. The van der Waals surface area contributed by atoms with Crippen molar-refractivity contribution < 1.29 is 9.47 Å². The quantitative estimate of drug-likeness (QED) is 0.203. The van der Waals surface area contributed by atoms with Gasteiger partial charge < -0.3 is 9.47 Å². The van der Waals surface area contributed by atoms with Crippen LogP contribution in [-0.4, -0.2) is 29.7 Å². The van der Waals surface area contributed by atoms with E-state index in [1.807, 2.05) is 0 Å². The van der Waals surface area contributed by atoms with Crippen LogP contribution >= 0.6 is 0 Å². The summed E-state index contributed by atoms with van der Waals surface area (Å²) in [6.45, 7) is 0. The van der Waals surface area contributed by atoms with E-state index < -0.39 is 0 Å². The van der Waals surface area contributed by atoms with Crippen LogP contribution in [0.15, 0.2) is 66.7 Å². The smallest absolute Gasteiger partial charge is 0.157 e. The fourth-order valence-corrected chi connectivity index (χ4v) is 5.19. The largest absolute Gasteiger partial charge is 0.360 e. The Morgan fingerprint density at radius 3 is 1.85 bits per heavy atom. The van der Waals surface area contributed by atoms with Crippen molar-refractivity contribution in [1.29, 1.82) is 0 Å². The SMILES string of the molecule is COC(OC)[Si]c1ccc2cccc3c4cccc5cccc(c1c23)c54. The van der Waals surface area contributed by atoms with Gasteiger partial charge in [0.15, 0.2) is 9.52 Å². The summed E-state index contributed by atoms with van der Waals surface area (Å²) >= 11 is 0. The molecule has 5 rings (SSSR count). The third-order valence-electron chi connectivity index (χ3n) is 5.21. The van der Waals surface area contributed by atoms with Crippen molar-refractivity contribution >= 4 is 57.8 Å². The zero-order valence-electron chi connectivity index (χ0n) is 14.7. The van der Waals surface area contributed by atoms with Crippen LogP contribution in [0.5, 0.6) is 0 Å². The van der Waals surface area contributed by atoms with Gasteiger partial charge in [-0.15, -0.1) is 0 Å². The van der Waals surface area contributed by atoms with Crippen LogP contribution in [0.4, 0.5) is 0 Å². The molecule has 0 spiro atoms. The molecule has 0 atom stereocenters.